The van der Waals surface area contributed by atoms with E-state index in [0.717, 1.165) is 17.7 Å². The summed E-state index contributed by atoms with van der Waals surface area (Å²) in [5.74, 6) is 0. The second kappa shape index (κ2) is 4.86. The molecule has 3 aromatic rings. The summed E-state index contributed by atoms with van der Waals surface area (Å²) in [6.45, 7) is 2.93. The minimum Gasteiger partial charge on any atom is -0.320 e. The molecule has 3 heteroatoms. The summed E-state index contributed by atoms with van der Waals surface area (Å²) >= 11 is 0. The number of nitrogens with zero attached hydrogens (tertiary/aromatic N) is 2. The standard InChI is InChI=1S/C16H17N3/c1-2-19-11-15(10-18-19)16(17)14-8-7-12-5-3-4-6-13(12)9-14/h3-11,16H,2,17H2,1H3. The van der Waals surface area contributed by atoms with E-state index in [9.17, 15) is 0 Å². The van der Waals surface area contributed by atoms with E-state index in [1.807, 2.05) is 29.2 Å². The fraction of sp³-hybridized carbons (Fsp3) is 0.188. The maximum Gasteiger partial charge on any atom is 0.0583 e. The molecule has 0 aliphatic carbocycles. The highest BCUT2D eigenvalue weighted by Crippen LogP contribution is 2.23. The van der Waals surface area contributed by atoms with E-state index in [1.165, 1.54) is 10.8 Å². The Hall–Kier alpha value is -2.13. The Balaban J connectivity index is 1.98. The van der Waals surface area contributed by atoms with Crippen molar-refractivity contribution < 1.29 is 0 Å². The molecule has 3 rings (SSSR count). The van der Waals surface area contributed by atoms with E-state index in [2.05, 4.69) is 42.4 Å². The summed E-state index contributed by atoms with van der Waals surface area (Å²) in [5, 5.41) is 6.74. The first-order chi connectivity index (χ1) is 9.28. The monoisotopic (exact) mass is 251 g/mol. The number of nitrogens with two attached hydrogens (primary N) is 1. The first-order valence-corrected chi connectivity index (χ1v) is 6.54. The summed E-state index contributed by atoms with van der Waals surface area (Å²) in [7, 11) is 0. The van der Waals surface area contributed by atoms with Gasteiger partial charge in [0.05, 0.1) is 12.2 Å². The van der Waals surface area contributed by atoms with Gasteiger partial charge in [-0.25, -0.2) is 0 Å². The highest BCUT2D eigenvalue weighted by atomic mass is 15.3. The van der Waals surface area contributed by atoms with Gasteiger partial charge in [0.25, 0.3) is 0 Å². The number of benzene rings is 2. The number of hydrogen-bond donors (Lipinski definition) is 1. The van der Waals surface area contributed by atoms with Gasteiger partial charge in [-0.1, -0.05) is 36.4 Å². The van der Waals surface area contributed by atoms with Crippen molar-refractivity contribution in [3.05, 3.63) is 66.0 Å². The van der Waals surface area contributed by atoms with Gasteiger partial charge in [-0.05, 0) is 29.3 Å². The summed E-state index contributed by atoms with van der Waals surface area (Å²) in [5.41, 5.74) is 8.49. The third-order valence-corrected chi connectivity index (χ3v) is 3.47. The van der Waals surface area contributed by atoms with Crippen LogP contribution in [0.4, 0.5) is 0 Å². The predicted octanol–water partition coefficient (Wildman–Crippen LogP) is 3.10. The van der Waals surface area contributed by atoms with Gasteiger partial charge in [0.1, 0.15) is 0 Å². The Morgan fingerprint density at radius 1 is 1.11 bits per heavy atom. The number of hydrogen-bond acceptors (Lipinski definition) is 2. The van der Waals surface area contributed by atoms with E-state index in [4.69, 9.17) is 5.73 Å². The lowest BCUT2D eigenvalue weighted by Crippen LogP contribution is -2.11. The fourth-order valence-electron chi connectivity index (χ4n) is 2.31. The minimum atomic E-state index is -0.120. The molecule has 1 heterocycles. The first-order valence-electron chi connectivity index (χ1n) is 6.54. The summed E-state index contributed by atoms with van der Waals surface area (Å²) < 4.78 is 1.90. The van der Waals surface area contributed by atoms with Crippen LogP contribution >= 0.6 is 0 Å². The van der Waals surface area contributed by atoms with Crippen LogP contribution in [0.25, 0.3) is 10.8 Å². The van der Waals surface area contributed by atoms with Crippen LogP contribution < -0.4 is 5.73 Å². The molecule has 0 amide bonds. The highest BCUT2D eigenvalue weighted by Gasteiger charge is 2.11. The van der Waals surface area contributed by atoms with Crippen LogP contribution in [-0.4, -0.2) is 9.78 Å². The zero-order chi connectivity index (χ0) is 13.2. The molecule has 1 unspecified atom stereocenters. The first kappa shape index (κ1) is 11.9. The zero-order valence-electron chi connectivity index (χ0n) is 11.0. The van der Waals surface area contributed by atoms with Gasteiger partial charge in [-0.15, -0.1) is 0 Å². The van der Waals surface area contributed by atoms with E-state index in [1.54, 1.807) is 0 Å². The molecule has 3 nitrogen and oxygen atoms in total. The van der Waals surface area contributed by atoms with Crippen molar-refractivity contribution in [3.8, 4) is 0 Å². The van der Waals surface area contributed by atoms with Crippen molar-refractivity contribution in [2.24, 2.45) is 5.73 Å². The molecule has 0 saturated heterocycles. The Labute approximate surface area is 112 Å². The molecule has 0 aliphatic heterocycles. The lowest BCUT2D eigenvalue weighted by Gasteiger charge is -2.11. The number of aryl methyl sites for hydroxylation is 1. The van der Waals surface area contributed by atoms with E-state index in [-0.39, 0.29) is 6.04 Å². The molecule has 96 valence electrons. The van der Waals surface area contributed by atoms with Crippen LogP contribution in [0.2, 0.25) is 0 Å². The van der Waals surface area contributed by atoms with Crippen molar-refractivity contribution in [2.75, 3.05) is 0 Å². The van der Waals surface area contributed by atoms with Gasteiger partial charge in [-0.3, -0.25) is 4.68 Å². The van der Waals surface area contributed by atoms with Crippen molar-refractivity contribution in [1.82, 2.24) is 9.78 Å². The zero-order valence-corrected chi connectivity index (χ0v) is 11.0. The molecule has 2 aromatic carbocycles. The number of aromatic nitrogens is 2. The molecular formula is C16H17N3. The molecule has 0 fully saturated rings. The second-order valence-electron chi connectivity index (χ2n) is 4.71. The maximum atomic E-state index is 6.32. The van der Waals surface area contributed by atoms with Gasteiger partial charge >= 0.3 is 0 Å². The third kappa shape index (κ3) is 2.25. The van der Waals surface area contributed by atoms with Crippen molar-refractivity contribution in [2.45, 2.75) is 19.5 Å². The molecule has 19 heavy (non-hydrogen) atoms. The Kier molecular flexibility index (Phi) is 3.05. The van der Waals surface area contributed by atoms with E-state index < -0.39 is 0 Å². The molecule has 1 atom stereocenters. The largest absolute Gasteiger partial charge is 0.320 e. The van der Waals surface area contributed by atoms with Gasteiger partial charge in [0.2, 0.25) is 0 Å². The van der Waals surface area contributed by atoms with Gasteiger partial charge in [0, 0.05) is 18.3 Å². The lowest BCUT2D eigenvalue weighted by atomic mass is 9.99. The third-order valence-electron chi connectivity index (χ3n) is 3.47. The predicted molar refractivity (Wildman–Crippen MR) is 77.9 cm³/mol. The molecule has 1 aromatic heterocycles. The van der Waals surface area contributed by atoms with Gasteiger partial charge < -0.3 is 5.73 Å². The van der Waals surface area contributed by atoms with Crippen LogP contribution in [0, 0.1) is 0 Å². The lowest BCUT2D eigenvalue weighted by molar-refractivity contribution is 0.658. The molecule has 0 saturated carbocycles. The van der Waals surface area contributed by atoms with Gasteiger partial charge in [-0.2, -0.15) is 5.10 Å². The van der Waals surface area contributed by atoms with Crippen LogP contribution in [0.5, 0.6) is 0 Å². The number of fused-ring (bicyclic) bond motifs is 1. The average Bonchev–Trinajstić information content (AvgIpc) is 2.95. The molecule has 0 bridgehead atoms. The van der Waals surface area contributed by atoms with Crippen LogP contribution in [0.1, 0.15) is 24.1 Å². The topological polar surface area (TPSA) is 43.8 Å². The second-order valence-corrected chi connectivity index (χ2v) is 4.71. The maximum absolute atomic E-state index is 6.32. The van der Waals surface area contributed by atoms with Crippen LogP contribution in [0.15, 0.2) is 54.9 Å². The SMILES string of the molecule is CCn1cc(C(N)c2ccc3ccccc3c2)cn1. The molecule has 0 radical (unpaired) electrons. The Morgan fingerprint density at radius 3 is 2.63 bits per heavy atom. The fourth-order valence-corrected chi connectivity index (χ4v) is 2.31. The normalized spacial score (nSPS) is 12.7. The van der Waals surface area contributed by atoms with Crippen molar-refractivity contribution >= 4 is 10.8 Å². The molecular weight excluding hydrogens is 234 g/mol. The smallest absolute Gasteiger partial charge is 0.0583 e. The van der Waals surface area contributed by atoms with Crippen molar-refractivity contribution in [3.63, 3.8) is 0 Å². The molecule has 0 spiro atoms. The highest BCUT2D eigenvalue weighted by molar-refractivity contribution is 5.83. The summed E-state index contributed by atoms with van der Waals surface area (Å²) in [4.78, 5) is 0. The van der Waals surface area contributed by atoms with Crippen LogP contribution in [0.3, 0.4) is 0 Å². The summed E-state index contributed by atoms with van der Waals surface area (Å²) in [6.07, 6.45) is 3.86. The van der Waals surface area contributed by atoms with Gasteiger partial charge in [0.15, 0.2) is 0 Å². The average molecular weight is 251 g/mol. The number of rotatable bonds is 3. The van der Waals surface area contributed by atoms with E-state index >= 15 is 0 Å². The van der Waals surface area contributed by atoms with Crippen molar-refractivity contribution in [1.29, 1.82) is 0 Å². The van der Waals surface area contributed by atoms with Crippen LogP contribution in [-0.2, 0) is 6.54 Å². The molecule has 2 N–H and O–H groups in total. The van der Waals surface area contributed by atoms with E-state index in [0.29, 0.717) is 0 Å². The minimum absolute atomic E-state index is 0.120. The Morgan fingerprint density at radius 2 is 1.89 bits per heavy atom. The summed E-state index contributed by atoms with van der Waals surface area (Å²) in [6, 6.07) is 14.6. The Bertz CT molecular complexity index is 700. The quantitative estimate of drug-likeness (QED) is 0.777. The molecule has 0 aliphatic rings.